The number of morpholine rings is 1. The summed E-state index contributed by atoms with van der Waals surface area (Å²) in [6, 6.07) is 11.9. The first kappa shape index (κ1) is 20.4. The summed E-state index contributed by atoms with van der Waals surface area (Å²) in [5.74, 6) is 1.29. The third kappa shape index (κ3) is 4.29. The topological polar surface area (TPSA) is 90.5 Å². The zero-order valence-electron chi connectivity index (χ0n) is 18.2. The van der Waals surface area contributed by atoms with Crippen molar-refractivity contribution in [3.05, 3.63) is 58.6 Å². The molecule has 2 aromatic heterocycles. The van der Waals surface area contributed by atoms with Crippen molar-refractivity contribution in [3.8, 4) is 11.3 Å². The molecular weight excluding hydrogens is 406 g/mol. The Hall–Kier alpha value is -3.46. The molecule has 0 radical (unpaired) electrons. The van der Waals surface area contributed by atoms with Crippen LogP contribution >= 0.6 is 0 Å². The summed E-state index contributed by atoms with van der Waals surface area (Å²) >= 11 is 0. The Morgan fingerprint density at radius 3 is 2.34 bits per heavy atom. The first-order chi connectivity index (χ1) is 15.7. The fourth-order valence-corrected chi connectivity index (χ4v) is 4.17. The highest BCUT2D eigenvalue weighted by molar-refractivity contribution is 5.63. The molecule has 0 atom stereocenters. The van der Waals surface area contributed by atoms with E-state index in [9.17, 15) is 4.79 Å². The van der Waals surface area contributed by atoms with Crippen LogP contribution in [0.1, 0.15) is 5.69 Å². The number of nitrogens with zero attached hydrogens (tertiary/aromatic N) is 6. The predicted octanol–water partition coefficient (Wildman–Crippen LogP) is 1.70. The maximum absolute atomic E-state index is 12.4. The molecule has 0 saturated carbocycles. The molecular formula is C23H27N7O2. The van der Waals surface area contributed by atoms with Gasteiger partial charge in [-0.25, -0.2) is 15.0 Å². The normalized spacial score (nSPS) is 17.0. The average molecular weight is 434 g/mol. The van der Waals surface area contributed by atoms with Crippen LogP contribution < -0.4 is 20.3 Å². The van der Waals surface area contributed by atoms with Crippen LogP contribution in [-0.4, -0.2) is 72.4 Å². The largest absolute Gasteiger partial charge is 0.378 e. The number of anilines is 3. The van der Waals surface area contributed by atoms with Crippen LogP contribution in [0.15, 0.2) is 47.4 Å². The van der Waals surface area contributed by atoms with Gasteiger partial charge in [0.25, 0.3) is 5.56 Å². The smallest absolute Gasteiger partial charge is 0.252 e. The second-order valence-corrected chi connectivity index (χ2v) is 8.03. The molecule has 32 heavy (non-hydrogen) atoms. The van der Waals surface area contributed by atoms with E-state index in [1.54, 1.807) is 6.20 Å². The maximum Gasteiger partial charge on any atom is 0.252 e. The second-order valence-electron chi connectivity index (χ2n) is 8.03. The van der Waals surface area contributed by atoms with E-state index in [1.165, 1.54) is 11.8 Å². The predicted molar refractivity (Wildman–Crippen MR) is 125 cm³/mol. The summed E-state index contributed by atoms with van der Waals surface area (Å²) in [5, 5.41) is 0. The minimum absolute atomic E-state index is 0.174. The van der Waals surface area contributed by atoms with Gasteiger partial charge in [-0.05, 0) is 19.1 Å². The Labute approximate surface area is 186 Å². The Balaban J connectivity index is 1.35. The molecule has 2 fully saturated rings. The van der Waals surface area contributed by atoms with E-state index < -0.39 is 0 Å². The maximum atomic E-state index is 12.4. The fraction of sp³-hybridized carbons (Fsp3) is 0.391. The van der Waals surface area contributed by atoms with Crippen molar-refractivity contribution in [2.45, 2.75) is 6.92 Å². The van der Waals surface area contributed by atoms with Crippen LogP contribution in [0.25, 0.3) is 11.3 Å². The first-order valence-electron chi connectivity index (χ1n) is 11.0. The molecule has 1 N–H and O–H groups in total. The van der Waals surface area contributed by atoms with E-state index in [-0.39, 0.29) is 5.56 Å². The number of aryl methyl sites for hydroxylation is 1. The molecule has 5 rings (SSSR count). The molecule has 0 amide bonds. The lowest BCUT2D eigenvalue weighted by Crippen LogP contribution is -2.47. The lowest BCUT2D eigenvalue weighted by atomic mass is 10.1. The van der Waals surface area contributed by atoms with Crippen LogP contribution in [0.4, 0.5) is 17.6 Å². The fourth-order valence-electron chi connectivity index (χ4n) is 4.17. The van der Waals surface area contributed by atoms with Crippen LogP contribution in [0.5, 0.6) is 0 Å². The SMILES string of the molecule is Cc1nc(N2CCOCC2)ncc1-c1cc(=O)[nH]c(N2CCN(c3ccccc3)CC2)n1. The highest BCUT2D eigenvalue weighted by Gasteiger charge is 2.21. The van der Waals surface area contributed by atoms with Gasteiger partial charge in [0.1, 0.15) is 0 Å². The Bertz CT molecular complexity index is 1120. The Morgan fingerprint density at radius 2 is 1.62 bits per heavy atom. The van der Waals surface area contributed by atoms with Crippen molar-refractivity contribution in [3.63, 3.8) is 0 Å². The molecule has 9 heteroatoms. The number of ether oxygens (including phenoxy) is 1. The van der Waals surface area contributed by atoms with Crippen molar-refractivity contribution in [2.24, 2.45) is 0 Å². The summed E-state index contributed by atoms with van der Waals surface area (Å²) in [6.45, 7) is 8.16. The van der Waals surface area contributed by atoms with Gasteiger partial charge in [0, 0.05) is 62.8 Å². The van der Waals surface area contributed by atoms with E-state index in [0.717, 1.165) is 50.5 Å². The number of para-hydroxylation sites is 1. The van der Waals surface area contributed by atoms with E-state index in [2.05, 4.69) is 53.9 Å². The van der Waals surface area contributed by atoms with Gasteiger partial charge in [-0.15, -0.1) is 0 Å². The molecule has 9 nitrogen and oxygen atoms in total. The van der Waals surface area contributed by atoms with Gasteiger partial charge in [-0.2, -0.15) is 0 Å². The first-order valence-corrected chi connectivity index (χ1v) is 11.0. The lowest BCUT2D eigenvalue weighted by Gasteiger charge is -2.36. The van der Waals surface area contributed by atoms with E-state index >= 15 is 0 Å². The number of aromatic amines is 1. The van der Waals surface area contributed by atoms with Crippen LogP contribution in [0.3, 0.4) is 0 Å². The molecule has 3 aromatic rings. The van der Waals surface area contributed by atoms with Crippen molar-refractivity contribution in [1.29, 1.82) is 0 Å². The van der Waals surface area contributed by atoms with Crippen molar-refractivity contribution in [1.82, 2.24) is 19.9 Å². The number of benzene rings is 1. The molecule has 166 valence electrons. The summed E-state index contributed by atoms with van der Waals surface area (Å²) in [5.41, 5.74) is 3.22. The highest BCUT2D eigenvalue weighted by atomic mass is 16.5. The molecule has 0 unspecified atom stereocenters. The second kappa shape index (κ2) is 8.96. The highest BCUT2D eigenvalue weighted by Crippen LogP contribution is 2.23. The standard InChI is InChI=1S/C23H27N7O2/c1-17-19(16-24-22(25-17)30-11-13-32-14-12-30)20-15-21(31)27-23(26-20)29-9-7-28(8-10-29)18-5-3-2-4-6-18/h2-6,15-16H,7-14H2,1H3,(H,26,27,31). The van der Waals surface area contributed by atoms with E-state index in [1.807, 2.05) is 13.0 Å². The van der Waals surface area contributed by atoms with Gasteiger partial charge >= 0.3 is 0 Å². The summed E-state index contributed by atoms with van der Waals surface area (Å²) < 4.78 is 5.41. The number of hydrogen-bond acceptors (Lipinski definition) is 8. The minimum atomic E-state index is -0.174. The number of rotatable bonds is 4. The summed E-state index contributed by atoms with van der Waals surface area (Å²) in [6.07, 6.45) is 1.77. The minimum Gasteiger partial charge on any atom is -0.378 e. The number of aromatic nitrogens is 4. The van der Waals surface area contributed by atoms with E-state index in [0.29, 0.717) is 30.8 Å². The van der Waals surface area contributed by atoms with Gasteiger partial charge in [0.05, 0.1) is 24.6 Å². The van der Waals surface area contributed by atoms with Crippen molar-refractivity contribution in [2.75, 3.05) is 67.2 Å². The molecule has 2 saturated heterocycles. The molecule has 2 aliphatic rings. The third-order valence-electron chi connectivity index (χ3n) is 5.97. The molecule has 0 bridgehead atoms. The number of hydrogen-bond donors (Lipinski definition) is 1. The number of nitrogens with one attached hydrogen (secondary N) is 1. The van der Waals surface area contributed by atoms with Crippen LogP contribution in [0, 0.1) is 6.92 Å². The van der Waals surface area contributed by atoms with Crippen molar-refractivity contribution < 1.29 is 4.74 Å². The zero-order chi connectivity index (χ0) is 21.9. The number of piperazine rings is 1. The monoisotopic (exact) mass is 433 g/mol. The summed E-state index contributed by atoms with van der Waals surface area (Å²) in [4.78, 5) is 35.9. The molecule has 1 aromatic carbocycles. The van der Waals surface area contributed by atoms with Gasteiger partial charge in [-0.3, -0.25) is 9.78 Å². The molecule has 0 spiro atoms. The average Bonchev–Trinajstić information content (AvgIpc) is 2.85. The molecule has 0 aliphatic carbocycles. The van der Waals surface area contributed by atoms with Crippen LogP contribution in [-0.2, 0) is 4.74 Å². The number of H-pyrrole nitrogens is 1. The van der Waals surface area contributed by atoms with E-state index in [4.69, 9.17) is 9.72 Å². The van der Waals surface area contributed by atoms with Gasteiger partial charge < -0.3 is 19.4 Å². The van der Waals surface area contributed by atoms with Crippen LogP contribution in [0.2, 0.25) is 0 Å². The quantitative estimate of drug-likeness (QED) is 0.665. The Kier molecular flexibility index (Phi) is 5.72. The van der Waals surface area contributed by atoms with Gasteiger partial charge in [0.15, 0.2) is 0 Å². The van der Waals surface area contributed by atoms with Gasteiger partial charge in [0.2, 0.25) is 11.9 Å². The summed E-state index contributed by atoms with van der Waals surface area (Å²) in [7, 11) is 0. The molecule has 4 heterocycles. The zero-order valence-corrected chi connectivity index (χ0v) is 18.2. The van der Waals surface area contributed by atoms with Crippen molar-refractivity contribution >= 4 is 17.6 Å². The molecule has 2 aliphatic heterocycles. The lowest BCUT2D eigenvalue weighted by molar-refractivity contribution is 0.122. The van der Waals surface area contributed by atoms with Gasteiger partial charge in [-0.1, -0.05) is 18.2 Å². The third-order valence-corrected chi connectivity index (χ3v) is 5.97. The Morgan fingerprint density at radius 1 is 0.906 bits per heavy atom.